The number of H-pyrrole nitrogens is 1. The fourth-order valence-corrected chi connectivity index (χ4v) is 4.82. The van der Waals surface area contributed by atoms with Gasteiger partial charge in [0.05, 0.1) is 0 Å². The van der Waals surface area contributed by atoms with Crippen molar-refractivity contribution < 1.29 is 4.79 Å². The molecule has 1 fully saturated rings. The molecule has 0 saturated carbocycles. The Morgan fingerprint density at radius 3 is 2.92 bits per heavy atom. The Morgan fingerprint density at radius 2 is 2.16 bits per heavy atom. The second-order valence-corrected chi connectivity index (χ2v) is 7.46. The highest BCUT2D eigenvalue weighted by Crippen LogP contribution is 2.42. The molecule has 4 rings (SSSR count). The first-order chi connectivity index (χ1) is 12.1. The Kier molecular flexibility index (Phi) is 4.20. The summed E-state index contributed by atoms with van der Waals surface area (Å²) in [6.07, 6.45) is 4.28. The van der Waals surface area contributed by atoms with Crippen molar-refractivity contribution >= 4 is 16.9 Å². The first-order valence-corrected chi connectivity index (χ1v) is 9.46. The SMILES string of the molecule is CCN(CC)C(=O)N[C@H]1C[C@H]2c3cccc4[nH]cc(c34)CC2N(C)C1. The molecule has 1 aromatic carbocycles. The van der Waals surface area contributed by atoms with Crippen LogP contribution in [0.4, 0.5) is 4.79 Å². The number of urea groups is 1. The normalized spacial score (nSPS) is 25.6. The Hall–Kier alpha value is -2.01. The fourth-order valence-electron chi connectivity index (χ4n) is 4.82. The van der Waals surface area contributed by atoms with Crippen molar-refractivity contribution in [2.45, 2.75) is 44.7 Å². The average molecular weight is 340 g/mol. The number of likely N-dealkylation sites (N-methyl/N-ethyl adjacent to an activating group) is 1. The molecule has 0 spiro atoms. The molecule has 2 aliphatic rings. The van der Waals surface area contributed by atoms with Crippen LogP contribution in [-0.4, -0.2) is 59.6 Å². The van der Waals surface area contributed by atoms with E-state index in [0.717, 1.165) is 32.5 Å². The van der Waals surface area contributed by atoms with Crippen LogP contribution < -0.4 is 5.32 Å². The predicted molar refractivity (Wildman–Crippen MR) is 101 cm³/mol. The molecule has 134 valence electrons. The van der Waals surface area contributed by atoms with E-state index in [1.807, 2.05) is 18.7 Å². The maximum Gasteiger partial charge on any atom is 0.317 e. The molecule has 2 amide bonds. The van der Waals surface area contributed by atoms with Crippen molar-refractivity contribution in [3.05, 3.63) is 35.5 Å². The van der Waals surface area contributed by atoms with Gasteiger partial charge in [0.1, 0.15) is 0 Å². The highest BCUT2D eigenvalue weighted by Gasteiger charge is 2.39. The van der Waals surface area contributed by atoms with Gasteiger partial charge in [-0.3, -0.25) is 0 Å². The number of amides is 2. The molecule has 5 heteroatoms. The lowest BCUT2D eigenvalue weighted by molar-refractivity contribution is 0.124. The van der Waals surface area contributed by atoms with Crippen molar-refractivity contribution in [1.29, 1.82) is 0 Å². The van der Waals surface area contributed by atoms with Gasteiger partial charge in [-0.15, -0.1) is 0 Å². The largest absolute Gasteiger partial charge is 0.361 e. The van der Waals surface area contributed by atoms with Crippen molar-refractivity contribution in [1.82, 2.24) is 20.1 Å². The third kappa shape index (κ3) is 2.71. The quantitative estimate of drug-likeness (QED) is 0.903. The zero-order chi connectivity index (χ0) is 17.6. The standard InChI is InChI=1S/C20H28N4O/c1-4-24(5-2)20(25)22-14-10-16-15-7-6-8-17-19(15)13(11-21-17)9-18(16)23(3)12-14/h6-8,11,14,16,18,21H,4-5,9-10,12H2,1-3H3,(H,22,25)/t14-,16-,18?/m0/s1. The number of benzene rings is 1. The van der Waals surface area contributed by atoms with Gasteiger partial charge >= 0.3 is 6.03 Å². The van der Waals surface area contributed by atoms with E-state index in [9.17, 15) is 4.79 Å². The number of fused-ring (bicyclic) bond motifs is 2. The number of carbonyl (C=O) groups excluding carboxylic acids is 1. The van der Waals surface area contributed by atoms with E-state index in [4.69, 9.17) is 0 Å². The van der Waals surface area contributed by atoms with Gasteiger partial charge in [-0.05, 0) is 50.9 Å². The number of aromatic nitrogens is 1. The van der Waals surface area contributed by atoms with Crippen LogP contribution in [0.25, 0.3) is 10.9 Å². The molecule has 2 heterocycles. The highest BCUT2D eigenvalue weighted by molar-refractivity contribution is 5.88. The fraction of sp³-hybridized carbons (Fsp3) is 0.550. The Balaban J connectivity index is 1.60. The summed E-state index contributed by atoms with van der Waals surface area (Å²) < 4.78 is 0. The molecule has 5 nitrogen and oxygen atoms in total. The molecule has 3 atom stereocenters. The zero-order valence-corrected chi connectivity index (χ0v) is 15.4. The maximum absolute atomic E-state index is 12.5. The number of aromatic amines is 1. The lowest BCUT2D eigenvalue weighted by Gasteiger charge is -2.45. The van der Waals surface area contributed by atoms with Crippen molar-refractivity contribution in [2.75, 3.05) is 26.7 Å². The summed E-state index contributed by atoms with van der Waals surface area (Å²) in [7, 11) is 2.20. The van der Waals surface area contributed by atoms with Crippen LogP contribution in [0.15, 0.2) is 24.4 Å². The molecule has 25 heavy (non-hydrogen) atoms. The Labute approximate surface area is 149 Å². The molecular formula is C20H28N4O. The lowest BCUT2D eigenvalue weighted by atomic mass is 9.74. The summed E-state index contributed by atoms with van der Waals surface area (Å²) in [6.45, 7) is 6.48. The van der Waals surface area contributed by atoms with Gasteiger partial charge in [-0.2, -0.15) is 0 Å². The van der Waals surface area contributed by atoms with Crippen LogP contribution >= 0.6 is 0 Å². The summed E-state index contributed by atoms with van der Waals surface area (Å²) in [5.41, 5.74) is 4.12. The molecule has 2 N–H and O–H groups in total. The van der Waals surface area contributed by atoms with Crippen LogP contribution in [0.1, 0.15) is 37.3 Å². The molecule has 0 radical (unpaired) electrons. The first kappa shape index (κ1) is 16.5. The van der Waals surface area contributed by atoms with Gasteiger partial charge in [0.2, 0.25) is 0 Å². The third-order valence-electron chi connectivity index (χ3n) is 6.10. The molecule has 1 aliphatic carbocycles. The van der Waals surface area contributed by atoms with Crippen LogP contribution in [0, 0.1) is 0 Å². The number of nitrogens with one attached hydrogen (secondary N) is 2. The van der Waals surface area contributed by atoms with Gasteiger partial charge in [0.15, 0.2) is 0 Å². The van der Waals surface area contributed by atoms with Crippen LogP contribution in [0.5, 0.6) is 0 Å². The first-order valence-electron chi connectivity index (χ1n) is 9.46. The number of piperidine rings is 1. The Morgan fingerprint density at radius 1 is 1.36 bits per heavy atom. The number of likely N-dealkylation sites (tertiary alicyclic amines) is 1. The van der Waals surface area contributed by atoms with E-state index in [2.05, 4.69) is 46.6 Å². The molecule has 2 aromatic rings. The monoisotopic (exact) mass is 340 g/mol. The summed E-state index contributed by atoms with van der Waals surface area (Å²) >= 11 is 0. The minimum absolute atomic E-state index is 0.0678. The van der Waals surface area contributed by atoms with E-state index in [-0.39, 0.29) is 12.1 Å². The van der Waals surface area contributed by atoms with Gasteiger partial charge in [-0.25, -0.2) is 4.79 Å². The molecule has 1 aliphatic heterocycles. The van der Waals surface area contributed by atoms with E-state index in [1.54, 1.807) is 0 Å². The van der Waals surface area contributed by atoms with E-state index in [1.165, 1.54) is 22.0 Å². The van der Waals surface area contributed by atoms with Crippen molar-refractivity contribution in [3.8, 4) is 0 Å². The topological polar surface area (TPSA) is 51.4 Å². The number of hydrogen-bond donors (Lipinski definition) is 2. The van der Waals surface area contributed by atoms with Crippen LogP contribution in [0.3, 0.4) is 0 Å². The van der Waals surface area contributed by atoms with Crippen LogP contribution in [-0.2, 0) is 6.42 Å². The third-order valence-corrected chi connectivity index (χ3v) is 6.10. The van der Waals surface area contributed by atoms with Gasteiger partial charge in [0.25, 0.3) is 0 Å². The highest BCUT2D eigenvalue weighted by atomic mass is 16.2. The maximum atomic E-state index is 12.5. The van der Waals surface area contributed by atoms with Gasteiger partial charge in [0, 0.05) is 54.7 Å². The number of rotatable bonds is 3. The molecular weight excluding hydrogens is 312 g/mol. The smallest absolute Gasteiger partial charge is 0.317 e. The Bertz CT molecular complexity index is 779. The van der Waals surface area contributed by atoms with E-state index >= 15 is 0 Å². The summed E-state index contributed by atoms with van der Waals surface area (Å²) in [5.74, 6) is 0.479. The van der Waals surface area contributed by atoms with Gasteiger partial charge in [-0.1, -0.05) is 12.1 Å². The molecule has 1 unspecified atom stereocenters. The van der Waals surface area contributed by atoms with Crippen LogP contribution in [0.2, 0.25) is 0 Å². The lowest BCUT2D eigenvalue weighted by Crippen LogP contribution is -2.56. The summed E-state index contributed by atoms with van der Waals surface area (Å²) in [5, 5.41) is 4.68. The second kappa shape index (κ2) is 6.37. The van der Waals surface area contributed by atoms with Gasteiger partial charge < -0.3 is 20.1 Å². The van der Waals surface area contributed by atoms with Crippen molar-refractivity contribution in [3.63, 3.8) is 0 Å². The van der Waals surface area contributed by atoms with Crippen molar-refractivity contribution in [2.24, 2.45) is 0 Å². The minimum Gasteiger partial charge on any atom is -0.361 e. The minimum atomic E-state index is 0.0678. The zero-order valence-electron chi connectivity index (χ0n) is 15.4. The summed E-state index contributed by atoms with van der Waals surface area (Å²) in [4.78, 5) is 20.2. The van der Waals surface area contributed by atoms with E-state index in [0.29, 0.717) is 12.0 Å². The molecule has 0 bridgehead atoms. The summed E-state index contributed by atoms with van der Waals surface area (Å²) in [6, 6.07) is 7.38. The second-order valence-electron chi connectivity index (χ2n) is 7.46. The number of carbonyl (C=O) groups is 1. The number of hydrogen-bond acceptors (Lipinski definition) is 2. The number of nitrogens with zero attached hydrogens (tertiary/aromatic N) is 2. The molecule has 1 saturated heterocycles. The molecule has 1 aromatic heterocycles. The van der Waals surface area contributed by atoms with E-state index < -0.39 is 0 Å². The average Bonchev–Trinajstić information content (AvgIpc) is 3.02. The predicted octanol–water partition coefficient (Wildman–Crippen LogP) is 2.93.